The summed E-state index contributed by atoms with van der Waals surface area (Å²) in [5, 5.41) is 3.52. The number of pyridine rings is 1. The maximum atomic E-state index is 11.0. The molecule has 1 aromatic heterocycles. The molecule has 2 aliphatic carbocycles. The van der Waals surface area contributed by atoms with Crippen LogP contribution in [-0.2, 0) is 24.1 Å². The summed E-state index contributed by atoms with van der Waals surface area (Å²) >= 11 is 0. The molecule has 0 aliphatic heterocycles. The van der Waals surface area contributed by atoms with Crippen LogP contribution in [0.15, 0.2) is 54.3 Å². The van der Waals surface area contributed by atoms with Crippen molar-refractivity contribution < 1.29 is 4.79 Å². The quantitative estimate of drug-likeness (QED) is 0.790. The average Bonchev–Trinajstić information content (AvgIpc) is 3.27. The summed E-state index contributed by atoms with van der Waals surface area (Å²) in [6.45, 7) is 0. The number of rotatable bonds is 5. The van der Waals surface area contributed by atoms with Gasteiger partial charge in [-0.25, -0.2) is 0 Å². The van der Waals surface area contributed by atoms with E-state index in [0.717, 1.165) is 47.5 Å². The maximum Gasteiger partial charge on any atom is 0.221 e. The highest BCUT2D eigenvalue weighted by Crippen LogP contribution is 2.33. The third kappa shape index (κ3) is 3.72. The molecule has 1 amide bonds. The first kappa shape index (κ1) is 18.0. The molecule has 0 spiro atoms. The smallest absolute Gasteiger partial charge is 0.221 e. The van der Waals surface area contributed by atoms with Crippen molar-refractivity contribution >= 4 is 35.3 Å². The lowest BCUT2D eigenvalue weighted by Crippen LogP contribution is -2.13. The first-order chi connectivity index (χ1) is 12.2. The number of nitrogens with one attached hydrogen (secondary N) is 1. The number of allylic oxidation sites excluding steroid dienone is 3. The first-order valence-corrected chi connectivity index (χ1v) is 8.50. The van der Waals surface area contributed by atoms with Crippen LogP contribution < -0.4 is 11.1 Å². The van der Waals surface area contributed by atoms with Crippen LogP contribution in [0.1, 0.15) is 28.9 Å². The van der Waals surface area contributed by atoms with E-state index in [1.165, 1.54) is 11.3 Å². The van der Waals surface area contributed by atoms with Gasteiger partial charge in [-0.3, -0.25) is 9.78 Å². The predicted molar refractivity (Wildman–Crippen MR) is 107 cm³/mol. The molecule has 0 radical (unpaired) electrons. The summed E-state index contributed by atoms with van der Waals surface area (Å²) in [4.78, 5) is 15.8. The zero-order chi connectivity index (χ0) is 17.2. The van der Waals surface area contributed by atoms with Gasteiger partial charge in [0.1, 0.15) is 0 Å². The van der Waals surface area contributed by atoms with Gasteiger partial charge in [-0.1, -0.05) is 18.2 Å². The number of fused-ring (bicyclic) bond motifs is 1. The highest BCUT2D eigenvalue weighted by atomic mass is 35.5. The van der Waals surface area contributed by atoms with Crippen molar-refractivity contribution in [3.63, 3.8) is 0 Å². The summed E-state index contributed by atoms with van der Waals surface area (Å²) in [5.41, 5.74) is 16.0. The molecule has 0 saturated heterocycles. The van der Waals surface area contributed by atoms with Crippen LogP contribution >= 0.6 is 12.4 Å². The van der Waals surface area contributed by atoms with E-state index >= 15 is 0 Å². The summed E-state index contributed by atoms with van der Waals surface area (Å²) in [5.74, 6) is -0.316. The molecule has 0 bridgehead atoms. The molecule has 2 aromatic rings. The lowest BCUT2D eigenvalue weighted by atomic mass is 10.1. The standard InChI is InChI=1S/C21H19N3O.ClH/c22-21(25)12-14-8-10-16(11-9-14)23-20-13-19(15-4-1-2-5-15)24-18-7-3-6-17(18)20;/h1-2,4,8-11,13H,3,6-7,12H2,(H2,22,25)(H,23,24);1H. The predicted octanol–water partition coefficient (Wildman–Crippen LogP) is 3.87. The van der Waals surface area contributed by atoms with E-state index in [-0.39, 0.29) is 24.7 Å². The molecule has 3 N–H and O–H groups in total. The van der Waals surface area contributed by atoms with Crippen molar-refractivity contribution in [2.75, 3.05) is 5.32 Å². The summed E-state index contributed by atoms with van der Waals surface area (Å²) < 4.78 is 0. The molecule has 1 aromatic carbocycles. The third-order valence-electron chi connectivity index (χ3n) is 4.54. The lowest BCUT2D eigenvalue weighted by Gasteiger charge is -2.14. The van der Waals surface area contributed by atoms with E-state index < -0.39 is 0 Å². The van der Waals surface area contributed by atoms with Gasteiger partial charge in [0.25, 0.3) is 0 Å². The Balaban J connectivity index is 0.00000196. The number of anilines is 2. The third-order valence-corrected chi connectivity index (χ3v) is 4.54. The van der Waals surface area contributed by atoms with E-state index in [1.807, 2.05) is 42.5 Å². The normalized spacial score (nSPS) is 13.9. The topological polar surface area (TPSA) is 68.0 Å². The Bertz CT molecular complexity index is 938. The fourth-order valence-electron chi connectivity index (χ4n) is 3.34. The zero-order valence-corrected chi connectivity index (χ0v) is 15.1. The molecule has 4 rings (SSSR count). The number of nitrogens with two attached hydrogens (primary N) is 1. The Kier molecular flexibility index (Phi) is 5.27. The molecule has 26 heavy (non-hydrogen) atoms. The number of hydrogen-bond donors (Lipinski definition) is 2. The van der Waals surface area contributed by atoms with Crippen LogP contribution in [0.3, 0.4) is 0 Å². The highest BCUT2D eigenvalue weighted by Gasteiger charge is 2.19. The van der Waals surface area contributed by atoms with Gasteiger partial charge in [0.05, 0.1) is 12.1 Å². The van der Waals surface area contributed by atoms with Crippen LogP contribution in [-0.4, -0.2) is 10.9 Å². The lowest BCUT2D eigenvalue weighted by molar-refractivity contribution is -0.117. The fourth-order valence-corrected chi connectivity index (χ4v) is 3.34. The number of halogens is 1. The van der Waals surface area contributed by atoms with Crippen LogP contribution in [0.4, 0.5) is 11.4 Å². The number of benzene rings is 1. The second kappa shape index (κ2) is 7.61. The Hall–Kier alpha value is -2.81. The average molecular weight is 366 g/mol. The second-order valence-electron chi connectivity index (χ2n) is 6.38. The maximum absolute atomic E-state index is 11.0. The molecule has 0 fully saturated rings. The summed E-state index contributed by atoms with van der Waals surface area (Å²) in [7, 11) is 0. The van der Waals surface area contributed by atoms with Gasteiger partial charge in [0, 0.05) is 22.6 Å². The molecule has 132 valence electrons. The van der Waals surface area contributed by atoms with Gasteiger partial charge in [-0.2, -0.15) is 0 Å². The molecule has 5 heteroatoms. The summed E-state index contributed by atoms with van der Waals surface area (Å²) in [6.07, 6.45) is 9.41. The van der Waals surface area contributed by atoms with Crippen molar-refractivity contribution in [2.24, 2.45) is 5.73 Å². The Morgan fingerprint density at radius 2 is 2.04 bits per heavy atom. The van der Waals surface area contributed by atoms with Crippen LogP contribution in [0.5, 0.6) is 0 Å². The Morgan fingerprint density at radius 3 is 2.73 bits per heavy atom. The van der Waals surface area contributed by atoms with E-state index in [1.54, 1.807) is 0 Å². The Morgan fingerprint density at radius 1 is 1.23 bits per heavy atom. The Labute approximate surface area is 158 Å². The summed E-state index contributed by atoms with van der Waals surface area (Å²) in [6, 6.07) is 9.93. The number of aryl methyl sites for hydroxylation is 1. The number of carbonyl (C=O) groups excluding carboxylic acids is 1. The van der Waals surface area contributed by atoms with Gasteiger partial charge in [0.2, 0.25) is 5.91 Å². The molecule has 2 aliphatic rings. The molecule has 0 atom stereocenters. The fraction of sp³-hybridized carbons (Fsp3) is 0.190. The molecule has 1 heterocycles. The minimum absolute atomic E-state index is 0. The van der Waals surface area contributed by atoms with Crippen molar-refractivity contribution in [1.82, 2.24) is 4.98 Å². The highest BCUT2D eigenvalue weighted by molar-refractivity contribution is 5.85. The number of carbonyl (C=O) groups is 1. The van der Waals surface area contributed by atoms with E-state index in [4.69, 9.17) is 10.7 Å². The van der Waals surface area contributed by atoms with E-state index in [0.29, 0.717) is 0 Å². The molecule has 4 nitrogen and oxygen atoms in total. The minimum Gasteiger partial charge on any atom is -0.369 e. The van der Waals surface area contributed by atoms with Crippen LogP contribution in [0.25, 0.3) is 5.57 Å². The van der Waals surface area contributed by atoms with Crippen molar-refractivity contribution in [2.45, 2.75) is 25.7 Å². The molecular weight excluding hydrogens is 346 g/mol. The van der Waals surface area contributed by atoms with Gasteiger partial charge in [-0.15, -0.1) is 18.1 Å². The van der Waals surface area contributed by atoms with Gasteiger partial charge < -0.3 is 11.1 Å². The number of hydrogen-bond acceptors (Lipinski definition) is 3. The van der Waals surface area contributed by atoms with Crippen molar-refractivity contribution in [3.05, 3.63) is 76.8 Å². The SMILES string of the molecule is Cl.NC(=O)Cc1ccc(Nc2cc(C3=C=CC=C3)nc3c2CCC3)cc1. The largest absolute Gasteiger partial charge is 0.369 e. The molecular formula is C21H20ClN3O. The van der Waals surface area contributed by atoms with Gasteiger partial charge >= 0.3 is 0 Å². The second-order valence-corrected chi connectivity index (χ2v) is 6.38. The molecule has 0 unspecified atom stereocenters. The van der Waals surface area contributed by atoms with Crippen LogP contribution in [0, 0.1) is 0 Å². The minimum atomic E-state index is -0.316. The van der Waals surface area contributed by atoms with Gasteiger partial charge in [0.15, 0.2) is 0 Å². The van der Waals surface area contributed by atoms with E-state index in [9.17, 15) is 4.79 Å². The number of nitrogens with zero attached hydrogens (tertiary/aromatic N) is 1. The van der Waals surface area contributed by atoms with E-state index in [2.05, 4.69) is 17.1 Å². The monoisotopic (exact) mass is 365 g/mol. The zero-order valence-electron chi connectivity index (χ0n) is 14.3. The number of amides is 1. The number of primary amides is 1. The number of aromatic nitrogens is 1. The molecule has 0 saturated carbocycles. The van der Waals surface area contributed by atoms with Crippen molar-refractivity contribution in [3.8, 4) is 0 Å². The van der Waals surface area contributed by atoms with Gasteiger partial charge in [-0.05, 0) is 60.7 Å². The van der Waals surface area contributed by atoms with Crippen molar-refractivity contribution in [1.29, 1.82) is 0 Å². The van der Waals surface area contributed by atoms with Crippen LogP contribution in [0.2, 0.25) is 0 Å². The first-order valence-electron chi connectivity index (χ1n) is 8.50.